The number of carboxylic acid groups (broad SMARTS) is 1. The topological polar surface area (TPSA) is 89.6 Å². The highest BCUT2D eigenvalue weighted by Crippen LogP contribution is 2.26. The minimum absolute atomic E-state index is 0.0826. The lowest BCUT2D eigenvalue weighted by Crippen LogP contribution is -2.23. The van der Waals surface area contributed by atoms with Crippen LogP contribution in [0.3, 0.4) is 0 Å². The molecule has 0 bridgehead atoms. The molecule has 0 aliphatic carbocycles. The molecular formula is C15H19NO4S. The van der Waals surface area contributed by atoms with Crippen molar-refractivity contribution in [3.8, 4) is 0 Å². The zero-order valence-corrected chi connectivity index (χ0v) is 13.1. The molecule has 0 amide bonds. The largest absolute Gasteiger partial charge is 0.477 e. The molecule has 0 aliphatic heterocycles. The van der Waals surface area contributed by atoms with Crippen LogP contribution in [0.15, 0.2) is 34.7 Å². The predicted octanol–water partition coefficient (Wildman–Crippen LogP) is 2.50. The van der Waals surface area contributed by atoms with Crippen LogP contribution in [0.1, 0.15) is 25.8 Å². The number of esters is 1. The summed E-state index contributed by atoms with van der Waals surface area (Å²) in [6.07, 6.45) is 2.08. The number of thioether (sulfide) groups is 1. The van der Waals surface area contributed by atoms with Gasteiger partial charge in [0.05, 0.1) is 11.8 Å². The first-order chi connectivity index (χ1) is 9.92. The van der Waals surface area contributed by atoms with E-state index in [-0.39, 0.29) is 11.8 Å². The number of carbonyl (C=O) groups is 2. The zero-order valence-electron chi connectivity index (χ0n) is 12.3. The van der Waals surface area contributed by atoms with Crippen molar-refractivity contribution in [2.75, 3.05) is 6.26 Å². The van der Waals surface area contributed by atoms with Crippen LogP contribution in [0, 0.1) is 0 Å². The number of carbonyl (C=O) groups excluding carboxylic acids is 1. The van der Waals surface area contributed by atoms with Gasteiger partial charge in [-0.15, -0.1) is 11.8 Å². The average Bonchev–Trinajstić information content (AvgIpc) is 2.46. The van der Waals surface area contributed by atoms with Crippen molar-refractivity contribution in [1.82, 2.24) is 0 Å². The lowest BCUT2D eigenvalue weighted by Gasteiger charge is -2.14. The van der Waals surface area contributed by atoms with Gasteiger partial charge < -0.3 is 15.6 Å². The number of ether oxygens (including phenoxy) is 1. The summed E-state index contributed by atoms with van der Waals surface area (Å²) in [5, 5.41) is 9.28. The van der Waals surface area contributed by atoms with E-state index < -0.39 is 17.5 Å². The SMILES string of the molecule is CCC(C)OC(=O)C(C(=O)O)=C(N)c1ccccc1SC. The molecule has 3 N–H and O–H groups in total. The fourth-order valence-electron chi connectivity index (χ4n) is 1.64. The van der Waals surface area contributed by atoms with Crippen LogP contribution in [0.25, 0.3) is 5.70 Å². The molecule has 1 rings (SSSR count). The van der Waals surface area contributed by atoms with Crippen molar-refractivity contribution in [2.45, 2.75) is 31.3 Å². The second-order valence-corrected chi connectivity index (χ2v) is 5.27. The minimum atomic E-state index is -1.39. The lowest BCUT2D eigenvalue weighted by molar-refractivity contribution is -0.147. The van der Waals surface area contributed by atoms with Gasteiger partial charge in [0.1, 0.15) is 0 Å². The predicted molar refractivity (Wildman–Crippen MR) is 82.8 cm³/mol. The highest BCUT2D eigenvalue weighted by Gasteiger charge is 2.26. The van der Waals surface area contributed by atoms with E-state index in [0.29, 0.717) is 12.0 Å². The molecule has 0 fully saturated rings. The third-order valence-electron chi connectivity index (χ3n) is 2.97. The Balaban J connectivity index is 3.30. The Kier molecular flexibility index (Phi) is 6.30. The van der Waals surface area contributed by atoms with Crippen molar-refractivity contribution < 1.29 is 19.4 Å². The van der Waals surface area contributed by atoms with E-state index >= 15 is 0 Å². The summed E-state index contributed by atoms with van der Waals surface area (Å²) in [4.78, 5) is 24.2. The van der Waals surface area contributed by atoms with E-state index in [1.54, 1.807) is 19.1 Å². The van der Waals surface area contributed by atoms with Gasteiger partial charge in [0.25, 0.3) is 0 Å². The molecule has 114 valence electrons. The molecule has 5 nitrogen and oxygen atoms in total. The van der Waals surface area contributed by atoms with Crippen molar-refractivity contribution in [2.24, 2.45) is 5.73 Å². The van der Waals surface area contributed by atoms with Crippen LogP contribution in [-0.2, 0) is 14.3 Å². The molecule has 0 saturated heterocycles. The number of rotatable bonds is 6. The molecule has 0 aromatic heterocycles. The van der Waals surface area contributed by atoms with Crippen LogP contribution in [0.5, 0.6) is 0 Å². The number of hydrogen-bond donors (Lipinski definition) is 2. The molecule has 1 aromatic carbocycles. The molecule has 0 heterocycles. The summed E-state index contributed by atoms with van der Waals surface area (Å²) in [6.45, 7) is 3.54. The average molecular weight is 309 g/mol. The molecule has 1 unspecified atom stereocenters. The van der Waals surface area contributed by atoms with Crippen LogP contribution >= 0.6 is 11.8 Å². The number of nitrogens with two attached hydrogens (primary N) is 1. The van der Waals surface area contributed by atoms with Gasteiger partial charge in [-0.05, 0) is 25.7 Å². The summed E-state index contributed by atoms with van der Waals surface area (Å²) in [5.41, 5.74) is 5.82. The van der Waals surface area contributed by atoms with Gasteiger partial charge in [-0.3, -0.25) is 0 Å². The maximum Gasteiger partial charge on any atom is 0.348 e. The Morgan fingerprint density at radius 1 is 1.38 bits per heavy atom. The molecule has 21 heavy (non-hydrogen) atoms. The van der Waals surface area contributed by atoms with Gasteiger partial charge in [-0.25, -0.2) is 9.59 Å². The second kappa shape index (κ2) is 7.73. The third-order valence-corrected chi connectivity index (χ3v) is 3.76. The highest BCUT2D eigenvalue weighted by atomic mass is 32.2. The standard InChI is InChI=1S/C15H19NO4S/c1-4-9(2)20-15(19)12(14(17)18)13(16)10-7-5-6-8-11(10)21-3/h5-9H,4,16H2,1-3H3,(H,17,18). The molecule has 0 spiro atoms. The second-order valence-electron chi connectivity index (χ2n) is 4.42. The number of hydrogen-bond acceptors (Lipinski definition) is 5. The van der Waals surface area contributed by atoms with E-state index in [9.17, 15) is 14.7 Å². The Bertz CT molecular complexity index is 569. The molecule has 1 atom stereocenters. The third kappa shape index (κ3) is 4.26. The fourth-order valence-corrected chi connectivity index (χ4v) is 2.25. The van der Waals surface area contributed by atoms with Crippen LogP contribution < -0.4 is 5.73 Å². The van der Waals surface area contributed by atoms with E-state index in [2.05, 4.69) is 0 Å². The quantitative estimate of drug-likeness (QED) is 0.276. The van der Waals surface area contributed by atoms with Crippen molar-refractivity contribution >= 4 is 29.4 Å². The van der Waals surface area contributed by atoms with E-state index in [4.69, 9.17) is 10.5 Å². The Hall–Kier alpha value is -1.95. The maximum atomic E-state index is 12.0. The zero-order chi connectivity index (χ0) is 16.0. The molecule has 0 radical (unpaired) electrons. The van der Waals surface area contributed by atoms with Crippen molar-refractivity contribution in [1.29, 1.82) is 0 Å². The lowest BCUT2D eigenvalue weighted by atomic mass is 10.1. The van der Waals surface area contributed by atoms with Crippen molar-refractivity contribution in [3.05, 3.63) is 35.4 Å². The van der Waals surface area contributed by atoms with Gasteiger partial charge in [0.15, 0.2) is 5.57 Å². The normalized spacial score (nSPS) is 13.3. The Morgan fingerprint density at radius 2 is 2.00 bits per heavy atom. The Labute approximate surface area is 128 Å². The fraction of sp³-hybridized carbons (Fsp3) is 0.333. The van der Waals surface area contributed by atoms with Gasteiger partial charge >= 0.3 is 11.9 Å². The highest BCUT2D eigenvalue weighted by molar-refractivity contribution is 7.98. The van der Waals surface area contributed by atoms with Crippen molar-refractivity contribution in [3.63, 3.8) is 0 Å². The van der Waals surface area contributed by atoms with Gasteiger partial charge in [-0.1, -0.05) is 25.1 Å². The van der Waals surface area contributed by atoms with Gasteiger partial charge in [0, 0.05) is 10.5 Å². The summed E-state index contributed by atoms with van der Waals surface area (Å²) in [5.74, 6) is -2.30. The first-order valence-corrected chi connectivity index (χ1v) is 7.72. The first kappa shape index (κ1) is 17.1. The summed E-state index contributed by atoms with van der Waals surface area (Å²) in [6, 6.07) is 7.05. The van der Waals surface area contributed by atoms with Gasteiger partial charge in [-0.2, -0.15) is 0 Å². The van der Waals surface area contributed by atoms with Gasteiger partial charge in [0.2, 0.25) is 0 Å². The number of benzene rings is 1. The number of aliphatic carboxylic acids is 1. The summed E-state index contributed by atoms with van der Waals surface area (Å²) < 4.78 is 5.07. The number of carboxylic acids is 1. The maximum absolute atomic E-state index is 12.0. The van der Waals surface area contributed by atoms with E-state index in [1.807, 2.05) is 25.3 Å². The first-order valence-electron chi connectivity index (χ1n) is 6.49. The molecule has 6 heteroatoms. The van der Waals surface area contributed by atoms with Crippen LogP contribution in [-0.4, -0.2) is 29.4 Å². The molecule has 0 saturated carbocycles. The summed E-state index contributed by atoms with van der Waals surface area (Å²) in [7, 11) is 0. The monoisotopic (exact) mass is 309 g/mol. The smallest absolute Gasteiger partial charge is 0.348 e. The molecule has 1 aromatic rings. The van der Waals surface area contributed by atoms with E-state index in [1.165, 1.54) is 11.8 Å². The van der Waals surface area contributed by atoms with Crippen LogP contribution in [0.4, 0.5) is 0 Å². The minimum Gasteiger partial charge on any atom is -0.477 e. The Morgan fingerprint density at radius 3 is 2.52 bits per heavy atom. The van der Waals surface area contributed by atoms with Crippen LogP contribution in [0.2, 0.25) is 0 Å². The summed E-state index contributed by atoms with van der Waals surface area (Å²) >= 11 is 1.42. The van der Waals surface area contributed by atoms with E-state index in [0.717, 1.165) is 4.90 Å². The molecular weight excluding hydrogens is 290 g/mol. The molecule has 0 aliphatic rings.